The first kappa shape index (κ1) is 17.5. The van der Waals surface area contributed by atoms with Crippen LogP contribution in [0.15, 0.2) is 18.2 Å². The largest absolute Gasteiger partial charge is 0.577 e. The van der Waals surface area contributed by atoms with Crippen LogP contribution in [-0.4, -0.2) is 0 Å². The molecule has 0 heterocycles. The number of rotatable bonds is 0. The summed E-state index contributed by atoms with van der Waals surface area (Å²) >= 11 is 0. The minimum absolute atomic E-state index is 0. The van der Waals surface area contributed by atoms with E-state index in [0.29, 0.717) is 0 Å². The molecule has 0 unspecified atom stereocenters. The first-order valence-electron chi connectivity index (χ1n) is 3.08. The van der Waals surface area contributed by atoms with Gasteiger partial charge in [-0.05, 0) is 0 Å². The second-order valence-corrected chi connectivity index (χ2v) is 1.69. The van der Waals surface area contributed by atoms with Gasteiger partial charge in [0.05, 0.1) is 0 Å². The van der Waals surface area contributed by atoms with Gasteiger partial charge in [-0.2, -0.15) is 6.08 Å². The minimum atomic E-state index is 0. The molecular formula is C7H9N2O2W-3. The van der Waals surface area contributed by atoms with Crippen molar-refractivity contribution in [3.05, 3.63) is 45.3 Å². The predicted molar refractivity (Wildman–Crippen MR) is 44.3 cm³/mol. The molecule has 0 aliphatic heterocycles. The van der Waals surface area contributed by atoms with E-state index >= 15 is 0 Å². The van der Waals surface area contributed by atoms with Crippen LogP contribution in [0.3, 0.4) is 0 Å². The number of hydrogen-bond acceptors (Lipinski definition) is 2. The summed E-state index contributed by atoms with van der Waals surface area (Å²) in [5.41, 5.74) is 11.5. The van der Waals surface area contributed by atoms with Crippen LogP contribution in [0.1, 0.15) is 19.3 Å². The Balaban J connectivity index is -0.000000144. The summed E-state index contributed by atoms with van der Waals surface area (Å²) in [5.74, 6) is 0. The Bertz CT molecular complexity index is 115. The Morgan fingerprint density at radius 3 is 2.33 bits per heavy atom. The maximum atomic E-state index is 7.25. The average molecular weight is 337 g/mol. The van der Waals surface area contributed by atoms with Crippen LogP contribution < -0.4 is 0 Å². The van der Waals surface area contributed by atoms with Crippen molar-refractivity contribution in [2.75, 3.05) is 0 Å². The van der Waals surface area contributed by atoms with Gasteiger partial charge in [0, 0.05) is 21.1 Å². The van der Waals surface area contributed by atoms with E-state index in [4.69, 9.17) is 21.0 Å². The quantitative estimate of drug-likeness (QED) is 0.637. The summed E-state index contributed by atoms with van der Waals surface area (Å²) in [6.45, 7) is 0. The van der Waals surface area contributed by atoms with Crippen molar-refractivity contribution >= 4 is 0 Å². The zero-order valence-electron chi connectivity index (χ0n) is 6.47. The van der Waals surface area contributed by atoms with Crippen molar-refractivity contribution in [3.8, 4) is 0 Å². The molecular weight excluding hydrogens is 328 g/mol. The first-order chi connectivity index (χ1) is 5.50. The number of nitrogens with zero attached hydrogens (tertiary/aromatic N) is 2. The van der Waals surface area contributed by atoms with E-state index in [9.17, 15) is 0 Å². The van der Waals surface area contributed by atoms with Gasteiger partial charge in [0.2, 0.25) is 0 Å². The number of allylic oxidation sites excluding steroid dienone is 4. The fourth-order valence-electron chi connectivity index (χ4n) is 0.638. The van der Waals surface area contributed by atoms with E-state index in [1.54, 1.807) is 0 Å². The fourth-order valence-corrected chi connectivity index (χ4v) is 0.638. The predicted octanol–water partition coefficient (Wildman–Crippen LogP) is 2.73. The van der Waals surface area contributed by atoms with Crippen LogP contribution in [0.4, 0.5) is 0 Å². The molecule has 0 amide bonds. The molecule has 0 atom stereocenters. The van der Waals surface area contributed by atoms with Gasteiger partial charge < -0.3 is 21.0 Å². The number of nitroso groups, excluding NO2 is 2. The molecule has 0 bridgehead atoms. The van der Waals surface area contributed by atoms with E-state index < -0.39 is 0 Å². The zero-order valence-corrected chi connectivity index (χ0v) is 9.41. The van der Waals surface area contributed by atoms with Gasteiger partial charge in [-0.3, -0.25) is 6.08 Å². The van der Waals surface area contributed by atoms with E-state index in [2.05, 4.69) is 18.2 Å². The molecule has 0 saturated heterocycles. The maximum Gasteiger partial charge on any atom is 0 e. The van der Waals surface area contributed by atoms with E-state index in [0.717, 1.165) is 6.42 Å². The molecule has 5 heteroatoms. The van der Waals surface area contributed by atoms with Crippen LogP contribution in [0.2, 0.25) is 0 Å². The summed E-state index contributed by atoms with van der Waals surface area (Å²) in [6, 6.07) is 0. The van der Waals surface area contributed by atoms with Gasteiger partial charge >= 0.3 is 0 Å². The zero-order chi connectivity index (χ0) is 8.95. The third-order valence-electron chi connectivity index (χ3n) is 1.04. The van der Waals surface area contributed by atoms with Crippen molar-refractivity contribution in [3.63, 3.8) is 0 Å². The van der Waals surface area contributed by atoms with Crippen LogP contribution >= 0.6 is 0 Å². The molecule has 0 N–H and O–H groups in total. The molecule has 0 aromatic heterocycles. The summed E-state index contributed by atoms with van der Waals surface area (Å²) in [6.07, 6.45) is 13.0. The molecule has 0 aromatic rings. The molecule has 1 aliphatic rings. The fraction of sp³-hybridized carbons (Fsp3) is 0.429. The summed E-state index contributed by atoms with van der Waals surface area (Å²) in [4.78, 5) is 14.5. The van der Waals surface area contributed by atoms with Crippen LogP contribution in [0, 0.1) is 15.9 Å². The minimum Gasteiger partial charge on any atom is -0.577 e. The third kappa shape index (κ3) is 16.2. The van der Waals surface area contributed by atoms with Gasteiger partial charge in [-0.1, -0.05) is 12.8 Å². The molecule has 1 rings (SSSR count). The van der Waals surface area contributed by atoms with Crippen molar-refractivity contribution in [1.82, 2.24) is 0 Å². The normalized spacial score (nSPS) is 12.0. The second-order valence-electron chi connectivity index (χ2n) is 1.69. The Morgan fingerprint density at radius 1 is 1.17 bits per heavy atom. The van der Waals surface area contributed by atoms with E-state index in [-0.39, 0.29) is 21.1 Å². The molecule has 0 radical (unpaired) electrons. The van der Waals surface area contributed by atoms with E-state index in [1.165, 1.54) is 12.8 Å². The summed E-state index contributed by atoms with van der Waals surface area (Å²) in [5, 5.41) is 0. The Labute approximate surface area is 85.9 Å². The van der Waals surface area contributed by atoms with Crippen LogP contribution in [-0.2, 0) is 21.1 Å². The average Bonchev–Trinajstić information content (AvgIpc) is 2.42. The SMILES string of the molecule is [C-]1=CC=CCCC1.[N-]=O.[N-]=O.[W]. The Kier molecular flexibility index (Phi) is 32.6. The van der Waals surface area contributed by atoms with Crippen molar-refractivity contribution < 1.29 is 21.1 Å². The molecule has 1 aliphatic carbocycles. The molecule has 0 spiro atoms. The number of hydrogen-bond donors (Lipinski definition) is 0. The standard InChI is InChI=1S/C7H9.2NO.W/c1-2-4-6-7-5-3-1;2*1-2;/h1-3H,4,6-7H2;;;/q3*-1;. The molecule has 0 fully saturated rings. The third-order valence-corrected chi connectivity index (χ3v) is 1.04. The molecule has 0 saturated carbocycles. The van der Waals surface area contributed by atoms with Gasteiger partial charge in [-0.25, -0.2) is 12.2 Å². The van der Waals surface area contributed by atoms with Crippen molar-refractivity contribution in [1.29, 1.82) is 0 Å². The summed E-state index contributed by atoms with van der Waals surface area (Å²) < 4.78 is 0. The maximum absolute atomic E-state index is 7.25. The smallest absolute Gasteiger partial charge is 0 e. The first-order valence-corrected chi connectivity index (χ1v) is 3.08. The van der Waals surface area contributed by atoms with Crippen LogP contribution in [0.5, 0.6) is 0 Å². The van der Waals surface area contributed by atoms with E-state index in [1.807, 2.05) is 6.08 Å². The topological polar surface area (TPSA) is 78.7 Å². The summed E-state index contributed by atoms with van der Waals surface area (Å²) in [7, 11) is 0. The van der Waals surface area contributed by atoms with Crippen LogP contribution in [0.25, 0.3) is 11.2 Å². The molecule has 68 valence electrons. The molecule has 0 aromatic carbocycles. The molecule has 4 nitrogen and oxygen atoms in total. The van der Waals surface area contributed by atoms with Gasteiger partial charge in [0.25, 0.3) is 0 Å². The monoisotopic (exact) mass is 337 g/mol. The van der Waals surface area contributed by atoms with Crippen molar-refractivity contribution in [2.24, 2.45) is 0 Å². The Morgan fingerprint density at radius 2 is 1.75 bits per heavy atom. The van der Waals surface area contributed by atoms with Gasteiger partial charge in [0.1, 0.15) is 0 Å². The van der Waals surface area contributed by atoms with Gasteiger partial charge in [0.15, 0.2) is 0 Å². The van der Waals surface area contributed by atoms with Gasteiger partial charge in [-0.15, -0.1) is 6.42 Å². The second kappa shape index (κ2) is 22.4. The molecule has 12 heavy (non-hydrogen) atoms. The van der Waals surface area contributed by atoms with Crippen molar-refractivity contribution in [2.45, 2.75) is 19.3 Å². The Hall–Kier alpha value is -0.632.